The molecule has 3 atom stereocenters. The van der Waals surface area contributed by atoms with Crippen molar-refractivity contribution in [1.29, 1.82) is 0 Å². The molecule has 1 aliphatic rings. The fraction of sp³-hybridized carbons (Fsp3) is 1.00. The van der Waals surface area contributed by atoms with Gasteiger partial charge in [0.25, 0.3) is 0 Å². The van der Waals surface area contributed by atoms with Gasteiger partial charge in [0.15, 0.2) is 0 Å². The standard InChI is InChI=1S/C9H19N/c1-7-4-5-9(10-3)6-8(7)2/h7-10H,4-6H2,1-3H3/t7-,8+,9+/m1/s1. The lowest BCUT2D eigenvalue weighted by molar-refractivity contribution is 0.233. The first kappa shape index (κ1) is 8.06. The van der Waals surface area contributed by atoms with Gasteiger partial charge in [-0.25, -0.2) is 0 Å². The molecular formula is C9H19N. The van der Waals surface area contributed by atoms with Crippen LogP contribution in [-0.2, 0) is 0 Å². The summed E-state index contributed by atoms with van der Waals surface area (Å²) < 4.78 is 0. The minimum atomic E-state index is 0.797. The van der Waals surface area contributed by atoms with E-state index >= 15 is 0 Å². The van der Waals surface area contributed by atoms with Crippen LogP contribution >= 0.6 is 0 Å². The van der Waals surface area contributed by atoms with E-state index in [4.69, 9.17) is 0 Å². The molecule has 0 saturated heterocycles. The predicted octanol–water partition coefficient (Wildman–Crippen LogP) is 2.03. The predicted molar refractivity (Wildman–Crippen MR) is 45.0 cm³/mol. The number of hydrogen-bond donors (Lipinski definition) is 1. The Kier molecular flexibility index (Phi) is 2.72. The summed E-state index contributed by atoms with van der Waals surface area (Å²) in [4.78, 5) is 0. The highest BCUT2D eigenvalue weighted by atomic mass is 14.9. The fourth-order valence-electron chi connectivity index (χ4n) is 1.81. The van der Waals surface area contributed by atoms with E-state index in [9.17, 15) is 0 Å². The first-order chi connectivity index (χ1) is 4.74. The zero-order valence-electron chi connectivity index (χ0n) is 7.35. The van der Waals surface area contributed by atoms with Gasteiger partial charge in [0.1, 0.15) is 0 Å². The van der Waals surface area contributed by atoms with Crippen LogP contribution < -0.4 is 5.32 Å². The van der Waals surface area contributed by atoms with Gasteiger partial charge in [-0.15, -0.1) is 0 Å². The molecule has 1 aliphatic carbocycles. The van der Waals surface area contributed by atoms with Crippen LogP contribution in [0.1, 0.15) is 33.1 Å². The summed E-state index contributed by atoms with van der Waals surface area (Å²) in [6.45, 7) is 4.74. The quantitative estimate of drug-likeness (QED) is 0.589. The summed E-state index contributed by atoms with van der Waals surface area (Å²) in [5, 5.41) is 3.35. The smallest absolute Gasteiger partial charge is 0.00668 e. The lowest BCUT2D eigenvalue weighted by Crippen LogP contribution is -2.33. The molecule has 60 valence electrons. The largest absolute Gasteiger partial charge is 0.317 e. The Morgan fingerprint density at radius 3 is 2.30 bits per heavy atom. The maximum absolute atomic E-state index is 3.35. The van der Waals surface area contributed by atoms with E-state index in [1.807, 2.05) is 0 Å². The second-order valence-electron chi connectivity index (χ2n) is 3.75. The molecule has 0 unspecified atom stereocenters. The fourth-order valence-corrected chi connectivity index (χ4v) is 1.81. The van der Waals surface area contributed by atoms with Crippen molar-refractivity contribution in [2.45, 2.75) is 39.2 Å². The van der Waals surface area contributed by atoms with Crippen molar-refractivity contribution in [2.75, 3.05) is 7.05 Å². The van der Waals surface area contributed by atoms with Crippen LogP contribution in [-0.4, -0.2) is 13.1 Å². The third-order valence-corrected chi connectivity index (χ3v) is 3.01. The summed E-state index contributed by atoms with van der Waals surface area (Å²) in [6, 6.07) is 0.797. The summed E-state index contributed by atoms with van der Waals surface area (Å²) in [5.74, 6) is 1.87. The summed E-state index contributed by atoms with van der Waals surface area (Å²) >= 11 is 0. The zero-order valence-corrected chi connectivity index (χ0v) is 7.35. The van der Waals surface area contributed by atoms with Crippen molar-refractivity contribution in [3.8, 4) is 0 Å². The van der Waals surface area contributed by atoms with Gasteiger partial charge in [-0.2, -0.15) is 0 Å². The zero-order chi connectivity index (χ0) is 7.56. The Balaban J connectivity index is 2.33. The van der Waals surface area contributed by atoms with E-state index in [1.165, 1.54) is 19.3 Å². The maximum Gasteiger partial charge on any atom is 0.00668 e. The molecule has 1 fully saturated rings. The molecule has 0 bridgehead atoms. The molecule has 1 heteroatoms. The molecule has 1 rings (SSSR count). The van der Waals surface area contributed by atoms with E-state index in [0.29, 0.717) is 0 Å². The number of nitrogens with one attached hydrogen (secondary N) is 1. The van der Waals surface area contributed by atoms with E-state index in [1.54, 1.807) is 0 Å². The van der Waals surface area contributed by atoms with E-state index in [2.05, 4.69) is 26.2 Å². The summed E-state index contributed by atoms with van der Waals surface area (Å²) in [5.41, 5.74) is 0. The third kappa shape index (κ3) is 1.72. The van der Waals surface area contributed by atoms with Crippen LogP contribution in [0, 0.1) is 11.8 Å². The van der Waals surface area contributed by atoms with Crippen molar-refractivity contribution in [2.24, 2.45) is 11.8 Å². The van der Waals surface area contributed by atoms with Crippen LogP contribution in [0.3, 0.4) is 0 Å². The normalized spacial score (nSPS) is 41.7. The highest BCUT2D eigenvalue weighted by Gasteiger charge is 2.22. The molecule has 0 aromatic rings. The monoisotopic (exact) mass is 141 g/mol. The number of rotatable bonds is 1. The second kappa shape index (κ2) is 3.38. The van der Waals surface area contributed by atoms with Crippen LogP contribution in [0.15, 0.2) is 0 Å². The van der Waals surface area contributed by atoms with Crippen molar-refractivity contribution in [3.63, 3.8) is 0 Å². The molecule has 0 radical (unpaired) electrons. The Hall–Kier alpha value is -0.0400. The lowest BCUT2D eigenvalue weighted by Gasteiger charge is -2.31. The van der Waals surface area contributed by atoms with E-state index < -0.39 is 0 Å². The van der Waals surface area contributed by atoms with Gasteiger partial charge in [-0.3, -0.25) is 0 Å². The van der Waals surface area contributed by atoms with E-state index in [-0.39, 0.29) is 0 Å². The van der Waals surface area contributed by atoms with Crippen molar-refractivity contribution in [3.05, 3.63) is 0 Å². The third-order valence-electron chi connectivity index (χ3n) is 3.01. The molecule has 1 N–H and O–H groups in total. The van der Waals surface area contributed by atoms with Gasteiger partial charge in [0.05, 0.1) is 0 Å². The average molecular weight is 141 g/mol. The lowest BCUT2D eigenvalue weighted by atomic mass is 9.79. The average Bonchev–Trinajstić information content (AvgIpc) is 1.95. The number of hydrogen-bond acceptors (Lipinski definition) is 1. The molecule has 1 saturated carbocycles. The molecule has 10 heavy (non-hydrogen) atoms. The van der Waals surface area contributed by atoms with Crippen LogP contribution in [0.4, 0.5) is 0 Å². The molecule has 0 aromatic carbocycles. The van der Waals surface area contributed by atoms with Gasteiger partial charge < -0.3 is 5.32 Å². The molecular weight excluding hydrogens is 122 g/mol. The van der Waals surface area contributed by atoms with Crippen molar-refractivity contribution < 1.29 is 0 Å². The Morgan fingerprint density at radius 2 is 1.80 bits per heavy atom. The van der Waals surface area contributed by atoms with Crippen LogP contribution in [0.5, 0.6) is 0 Å². The van der Waals surface area contributed by atoms with Gasteiger partial charge in [-0.1, -0.05) is 13.8 Å². The first-order valence-electron chi connectivity index (χ1n) is 4.41. The maximum atomic E-state index is 3.35. The van der Waals surface area contributed by atoms with E-state index in [0.717, 1.165) is 17.9 Å². The van der Waals surface area contributed by atoms with Gasteiger partial charge >= 0.3 is 0 Å². The SMILES string of the molecule is CN[C@H]1CC[C@@H](C)[C@@H](C)C1. The van der Waals surface area contributed by atoms with Crippen molar-refractivity contribution >= 4 is 0 Å². The highest BCUT2D eigenvalue weighted by molar-refractivity contribution is 4.78. The molecule has 0 spiro atoms. The summed E-state index contributed by atoms with van der Waals surface area (Å²) in [7, 11) is 2.08. The summed E-state index contributed by atoms with van der Waals surface area (Å²) in [6.07, 6.45) is 4.16. The molecule has 0 amide bonds. The molecule has 0 aromatic heterocycles. The Morgan fingerprint density at radius 1 is 1.10 bits per heavy atom. The minimum absolute atomic E-state index is 0.797. The minimum Gasteiger partial charge on any atom is -0.317 e. The topological polar surface area (TPSA) is 12.0 Å². The van der Waals surface area contributed by atoms with Crippen molar-refractivity contribution in [1.82, 2.24) is 5.32 Å². The van der Waals surface area contributed by atoms with Crippen LogP contribution in [0.25, 0.3) is 0 Å². The molecule has 0 aliphatic heterocycles. The van der Waals surface area contributed by atoms with Gasteiger partial charge in [0.2, 0.25) is 0 Å². The molecule has 0 heterocycles. The van der Waals surface area contributed by atoms with Crippen LogP contribution in [0.2, 0.25) is 0 Å². The Labute approximate surface area is 64.2 Å². The first-order valence-corrected chi connectivity index (χ1v) is 4.41. The second-order valence-corrected chi connectivity index (χ2v) is 3.75. The van der Waals surface area contributed by atoms with Gasteiger partial charge in [-0.05, 0) is 38.1 Å². The van der Waals surface area contributed by atoms with Gasteiger partial charge in [0, 0.05) is 6.04 Å². The highest BCUT2D eigenvalue weighted by Crippen LogP contribution is 2.28. The molecule has 1 nitrogen and oxygen atoms in total. The Bertz CT molecular complexity index is 101.